The summed E-state index contributed by atoms with van der Waals surface area (Å²) >= 11 is 0. The smallest absolute Gasteiger partial charge is 0.234 e. The molecule has 5 rings (SSSR count). The third-order valence-corrected chi connectivity index (χ3v) is 6.10. The minimum Gasteiger partial charge on any atom is -0.364 e. The first-order valence-electron chi connectivity index (χ1n) is 9.48. The number of nitrogens with zero attached hydrogens (tertiary/aromatic N) is 3. The molecule has 0 N–H and O–H groups in total. The molecule has 1 aromatic carbocycles. The van der Waals surface area contributed by atoms with Crippen LogP contribution in [0.15, 0.2) is 47.2 Å². The van der Waals surface area contributed by atoms with Gasteiger partial charge in [-0.1, -0.05) is 17.3 Å². The number of carbonyl (C=O) groups is 2. The van der Waals surface area contributed by atoms with Crippen LogP contribution in [0, 0.1) is 24.6 Å². The van der Waals surface area contributed by atoms with Crippen LogP contribution >= 0.6 is 0 Å². The van der Waals surface area contributed by atoms with Crippen LogP contribution in [0.5, 0.6) is 0 Å². The van der Waals surface area contributed by atoms with Crippen LogP contribution < -0.4 is 4.90 Å². The van der Waals surface area contributed by atoms with Gasteiger partial charge in [-0.25, -0.2) is 4.39 Å². The van der Waals surface area contributed by atoms with Crippen molar-refractivity contribution in [3.63, 3.8) is 0 Å². The number of rotatable bonds is 4. The lowest BCUT2D eigenvalue weighted by atomic mass is 9.76. The molecule has 0 unspecified atom stereocenters. The fraction of sp³-hybridized carbons (Fsp3) is 0.381. The fourth-order valence-electron chi connectivity index (χ4n) is 4.80. The molecule has 2 amide bonds. The molecule has 2 aromatic rings. The lowest BCUT2D eigenvalue weighted by Gasteiger charge is -2.27. The van der Waals surface area contributed by atoms with Gasteiger partial charge in [-0.05, 0) is 30.7 Å². The first-order chi connectivity index (χ1) is 13.9. The van der Waals surface area contributed by atoms with Gasteiger partial charge in [0.05, 0.1) is 31.0 Å². The maximum Gasteiger partial charge on any atom is 0.234 e. The lowest BCUT2D eigenvalue weighted by Crippen LogP contribution is -2.44. The van der Waals surface area contributed by atoms with Crippen molar-refractivity contribution in [3.05, 3.63) is 59.8 Å². The fourth-order valence-corrected chi connectivity index (χ4v) is 4.80. The van der Waals surface area contributed by atoms with Crippen molar-refractivity contribution in [3.8, 4) is 0 Å². The molecule has 150 valence electrons. The molecule has 0 radical (unpaired) electrons. The van der Waals surface area contributed by atoms with Crippen molar-refractivity contribution in [2.45, 2.75) is 25.2 Å². The van der Waals surface area contributed by atoms with Crippen LogP contribution in [0.1, 0.15) is 11.3 Å². The van der Waals surface area contributed by atoms with Gasteiger partial charge in [-0.2, -0.15) is 0 Å². The second-order valence-corrected chi connectivity index (χ2v) is 7.94. The minimum absolute atomic E-state index is 0.166. The quantitative estimate of drug-likeness (QED) is 0.739. The van der Waals surface area contributed by atoms with Crippen LogP contribution in [0.4, 0.5) is 10.1 Å². The summed E-state index contributed by atoms with van der Waals surface area (Å²) in [7, 11) is 1.68. The van der Waals surface area contributed by atoms with E-state index in [0.717, 1.165) is 0 Å². The van der Waals surface area contributed by atoms with Crippen molar-refractivity contribution in [1.29, 1.82) is 0 Å². The van der Waals surface area contributed by atoms with Gasteiger partial charge in [0.15, 0.2) is 0 Å². The highest BCUT2D eigenvalue weighted by molar-refractivity contribution is 6.03. The van der Waals surface area contributed by atoms with Crippen LogP contribution in [-0.2, 0) is 20.9 Å². The van der Waals surface area contributed by atoms with Crippen molar-refractivity contribution >= 4 is 17.5 Å². The molecule has 29 heavy (non-hydrogen) atoms. The molecule has 1 spiro atoms. The van der Waals surface area contributed by atoms with E-state index in [-0.39, 0.29) is 24.2 Å². The van der Waals surface area contributed by atoms with E-state index in [2.05, 4.69) is 5.16 Å². The molecule has 2 saturated heterocycles. The first-order valence-corrected chi connectivity index (χ1v) is 9.48. The molecule has 0 saturated carbocycles. The van der Waals surface area contributed by atoms with Gasteiger partial charge in [0, 0.05) is 18.8 Å². The number of anilines is 1. The maximum atomic E-state index is 13.5. The van der Waals surface area contributed by atoms with Crippen LogP contribution in [-0.4, -0.2) is 47.2 Å². The average Bonchev–Trinajstić information content (AvgIpc) is 3.44. The number of hydrogen-bond donors (Lipinski definition) is 0. The average molecular weight is 397 g/mol. The number of aryl methyl sites for hydroxylation is 1. The molecular formula is C21H20FN3O4. The Kier molecular flexibility index (Phi) is 3.89. The summed E-state index contributed by atoms with van der Waals surface area (Å²) in [6, 6.07) is 6.03. The van der Waals surface area contributed by atoms with E-state index in [1.165, 1.54) is 18.4 Å². The Morgan fingerprint density at radius 3 is 2.97 bits per heavy atom. The summed E-state index contributed by atoms with van der Waals surface area (Å²) in [6.45, 7) is 2.36. The Hall–Kier alpha value is -3.00. The number of hydrogen-bond acceptors (Lipinski definition) is 5. The summed E-state index contributed by atoms with van der Waals surface area (Å²) in [5.74, 6) is -1.89. The third-order valence-electron chi connectivity index (χ3n) is 6.10. The molecule has 2 bridgehead atoms. The topological polar surface area (TPSA) is 75.9 Å². The molecular weight excluding hydrogens is 377 g/mol. The number of halogens is 1. The number of benzene rings is 1. The number of aromatic nitrogens is 1. The Bertz CT molecular complexity index is 1020. The zero-order valence-electron chi connectivity index (χ0n) is 16.0. The normalized spacial score (nSPS) is 29.6. The number of carbonyl (C=O) groups excluding carboxylic acids is 2. The van der Waals surface area contributed by atoms with Gasteiger partial charge in [0.25, 0.3) is 0 Å². The van der Waals surface area contributed by atoms with E-state index in [1.807, 2.05) is 12.2 Å². The lowest BCUT2D eigenvalue weighted by molar-refractivity contribution is -0.139. The van der Waals surface area contributed by atoms with Gasteiger partial charge in [0.2, 0.25) is 11.8 Å². The summed E-state index contributed by atoms with van der Waals surface area (Å²) in [6.07, 6.45) is 4.81. The largest absolute Gasteiger partial charge is 0.364 e. The number of amides is 2. The van der Waals surface area contributed by atoms with Crippen LogP contribution in [0.3, 0.4) is 0 Å². The molecule has 8 heteroatoms. The summed E-state index contributed by atoms with van der Waals surface area (Å²) in [4.78, 5) is 29.8. The third kappa shape index (κ3) is 2.62. The van der Waals surface area contributed by atoms with E-state index in [4.69, 9.17) is 9.26 Å². The number of ether oxygens (including phenoxy) is 1. The molecule has 4 atom stereocenters. The van der Waals surface area contributed by atoms with Gasteiger partial charge < -0.3 is 19.1 Å². The highest BCUT2D eigenvalue weighted by Crippen LogP contribution is 2.53. The molecule has 7 nitrogen and oxygen atoms in total. The van der Waals surface area contributed by atoms with E-state index >= 15 is 0 Å². The maximum absolute atomic E-state index is 13.5. The molecule has 4 heterocycles. The van der Waals surface area contributed by atoms with Crippen molar-refractivity contribution in [1.82, 2.24) is 10.1 Å². The minimum atomic E-state index is -0.822. The summed E-state index contributed by atoms with van der Waals surface area (Å²) < 4.78 is 24.5. The van der Waals surface area contributed by atoms with Crippen molar-refractivity contribution in [2.24, 2.45) is 11.8 Å². The molecule has 3 aliphatic heterocycles. The standard InChI is InChI=1S/C21H20FN3O4/c1-12-9-13(22)3-4-15(12)25-11-21-7-5-16(29-21)17(18(21)20(25)27)19(26)24(2)10-14-6-8-28-23-14/h3-9,16-18H,10-11H2,1-2H3/t16-,17-,18-,21-/m0/s1. The molecule has 3 aliphatic rings. The van der Waals surface area contributed by atoms with Crippen LogP contribution in [0.2, 0.25) is 0 Å². The van der Waals surface area contributed by atoms with E-state index in [0.29, 0.717) is 23.5 Å². The van der Waals surface area contributed by atoms with Crippen molar-refractivity contribution in [2.75, 3.05) is 18.5 Å². The van der Waals surface area contributed by atoms with Crippen molar-refractivity contribution < 1.29 is 23.2 Å². The Labute approximate surface area is 166 Å². The second-order valence-electron chi connectivity index (χ2n) is 7.94. The van der Waals surface area contributed by atoms with Gasteiger partial charge in [0.1, 0.15) is 23.4 Å². The molecule has 0 aliphatic carbocycles. The highest BCUT2D eigenvalue weighted by atomic mass is 19.1. The highest BCUT2D eigenvalue weighted by Gasteiger charge is 2.67. The first kappa shape index (κ1) is 18.1. The second kappa shape index (κ2) is 6.25. The van der Waals surface area contributed by atoms with Gasteiger partial charge in [-0.15, -0.1) is 0 Å². The molecule has 1 aromatic heterocycles. The Balaban J connectivity index is 1.44. The molecule has 2 fully saturated rings. The SMILES string of the molecule is Cc1cc(F)ccc1N1C[C@]23C=C[C@H](O2)[C@H](C(=O)N(C)Cc2ccon2)[C@H]3C1=O. The van der Waals surface area contributed by atoms with Crippen LogP contribution in [0.25, 0.3) is 0 Å². The summed E-state index contributed by atoms with van der Waals surface area (Å²) in [5, 5.41) is 3.84. The zero-order chi connectivity index (χ0) is 20.3. The van der Waals surface area contributed by atoms with E-state index in [9.17, 15) is 14.0 Å². The predicted octanol–water partition coefficient (Wildman–Crippen LogP) is 2.07. The van der Waals surface area contributed by atoms with Gasteiger partial charge >= 0.3 is 0 Å². The zero-order valence-corrected chi connectivity index (χ0v) is 16.0. The Morgan fingerprint density at radius 1 is 1.41 bits per heavy atom. The van der Waals surface area contributed by atoms with Gasteiger partial charge in [-0.3, -0.25) is 9.59 Å². The van der Waals surface area contributed by atoms with E-state index in [1.54, 1.807) is 35.9 Å². The number of fused-ring (bicyclic) bond motifs is 1. The van der Waals surface area contributed by atoms with E-state index < -0.39 is 23.5 Å². The Morgan fingerprint density at radius 2 is 2.24 bits per heavy atom. The predicted molar refractivity (Wildman–Crippen MR) is 100 cm³/mol. The summed E-state index contributed by atoms with van der Waals surface area (Å²) in [5.41, 5.74) is 1.12. The monoisotopic (exact) mass is 397 g/mol.